The van der Waals surface area contributed by atoms with Crippen LogP contribution in [0.2, 0.25) is 5.02 Å². The third kappa shape index (κ3) is 1.35. The molecule has 1 saturated carbocycles. The Balaban J connectivity index is 2.14. The fourth-order valence-corrected chi connectivity index (χ4v) is 3.39. The highest BCUT2D eigenvalue weighted by molar-refractivity contribution is 6.32. The largest absolute Gasteiger partial charge is 0.300 e. The van der Waals surface area contributed by atoms with Crippen LogP contribution in [0.1, 0.15) is 36.8 Å². The van der Waals surface area contributed by atoms with E-state index < -0.39 is 0 Å². The Morgan fingerprint density at radius 1 is 1.31 bits per heavy atom. The van der Waals surface area contributed by atoms with E-state index in [9.17, 15) is 4.79 Å². The smallest absolute Gasteiger partial charge is 0.134 e. The van der Waals surface area contributed by atoms with Crippen LogP contribution in [0.5, 0.6) is 0 Å². The second kappa shape index (κ2) is 3.46. The molecule has 2 heteroatoms. The molecular weight excluding hydrogens is 220 g/mol. The molecule has 1 aromatic rings. The van der Waals surface area contributed by atoms with Crippen molar-refractivity contribution in [3.8, 4) is 0 Å². The third-order valence-corrected chi connectivity index (χ3v) is 4.03. The topological polar surface area (TPSA) is 17.1 Å². The lowest BCUT2D eigenvalue weighted by Gasteiger charge is -2.33. The van der Waals surface area contributed by atoms with Crippen molar-refractivity contribution in [2.75, 3.05) is 0 Å². The summed E-state index contributed by atoms with van der Waals surface area (Å²) in [6.45, 7) is 0. The van der Waals surface area contributed by atoms with E-state index in [0.29, 0.717) is 12.2 Å². The number of carbonyl (C=O) groups excluding carboxylic acids is 1. The van der Waals surface area contributed by atoms with Crippen molar-refractivity contribution < 1.29 is 4.79 Å². The molecule has 1 atom stereocenters. The van der Waals surface area contributed by atoms with Gasteiger partial charge in [0.1, 0.15) is 5.78 Å². The van der Waals surface area contributed by atoms with Gasteiger partial charge in [0, 0.05) is 23.3 Å². The Hall–Kier alpha value is -1.08. The fraction of sp³-hybridized carbons (Fsp3) is 0.357. The molecule has 1 spiro atoms. The predicted molar refractivity (Wildman–Crippen MR) is 65.6 cm³/mol. The fourth-order valence-electron chi connectivity index (χ4n) is 3.02. The van der Waals surface area contributed by atoms with E-state index in [2.05, 4.69) is 18.2 Å². The average molecular weight is 233 g/mol. The summed E-state index contributed by atoms with van der Waals surface area (Å²) < 4.78 is 0. The summed E-state index contributed by atoms with van der Waals surface area (Å²) in [5.41, 5.74) is 2.26. The highest BCUT2D eigenvalue weighted by Gasteiger charge is 2.40. The summed E-state index contributed by atoms with van der Waals surface area (Å²) in [5, 5.41) is 0.803. The van der Waals surface area contributed by atoms with Crippen LogP contribution in [0.3, 0.4) is 0 Å². The summed E-state index contributed by atoms with van der Waals surface area (Å²) in [7, 11) is 0. The lowest BCUT2D eigenvalue weighted by molar-refractivity contribution is -0.121. The monoisotopic (exact) mass is 232 g/mol. The first-order valence-corrected chi connectivity index (χ1v) is 6.09. The maximum Gasteiger partial charge on any atom is 0.134 e. The molecule has 0 bridgehead atoms. The van der Waals surface area contributed by atoms with Crippen LogP contribution in [-0.4, -0.2) is 5.78 Å². The molecule has 1 nitrogen and oxygen atoms in total. The molecule has 0 aliphatic heterocycles. The van der Waals surface area contributed by atoms with Crippen molar-refractivity contribution in [3.63, 3.8) is 0 Å². The number of Topliss-reactive ketones (excluding diaryl/α,β-unsaturated/α-hetero) is 1. The molecule has 0 saturated heterocycles. The summed E-state index contributed by atoms with van der Waals surface area (Å²) in [4.78, 5) is 11.7. The molecule has 1 unspecified atom stereocenters. The third-order valence-electron chi connectivity index (χ3n) is 3.72. The molecule has 0 amide bonds. The molecule has 2 aliphatic carbocycles. The van der Waals surface area contributed by atoms with E-state index in [0.717, 1.165) is 24.3 Å². The van der Waals surface area contributed by atoms with E-state index >= 15 is 0 Å². The minimum Gasteiger partial charge on any atom is -0.300 e. The number of fused-ring (bicyclic) bond motifs is 2. The van der Waals surface area contributed by atoms with Gasteiger partial charge < -0.3 is 0 Å². The van der Waals surface area contributed by atoms with E-state index in [1.54, 1.807) is 0 Å². The molecule has 16 heavy (non-hydrogen) atoms. The van der Waals surface area contributed by atoms with Gasteiger partial charge in [0.15, 0.2) is 0 Å². The highest BCUT2D eigenvalue weighted by atomic mass is 35.5. The van der Waals surface area contributed by atoms with Gasteiger partial charge in [-0.3, -0.25) is 4.79 Å². The number of hydrogen-bond donors (Lipinski definition) is 0. The molecule has 82 valence electrons. The summed E-state index contributed by atoms with van der Waals surface area (Å²) in [6, 6.07) is 5.97. The molecule has 0 heterocycles. The van der Waals surface area contributed by atoms with Crippen molar-refractivity contribution in [1.29, 1.82) is 0 Å². The quantitative estimate of drug-likeness (QED) is 0.666. The van der Waals surface area contributed by atoms with E-state index in [4.69, 9.17) is 11.6 Å². The Kier molecular flexibility index (Phi) is 2.18. The van der Waals surface area contributed by atoms with Gasteiger partial charge >= 0.3 is 0 Å². The van der Waals surface area contributed by atoms with Gasteiger partial charge in [-0.05, 0) is 30.0 Å². The number of carbonyl (C=O) groups is 1. The van der Waals surface area contributed by atoms with Crippen molar-refractivity contribution >= 4 is 23.5 Å². The summed E-state index contributed by atoms with van der Waals surface area (Å²) in [6.07, 6.45) is 7.68. The minimum absolute atomic E-state index is 0.0942. The van der Waals surface area contributed by atoms with Crippen molar-refractivity contribution in [1.82, 2.24) is 0 Å². The summed E-state index contributed by atoms with van der Waals surface area (Å²) in [5.74, 6) is 0.365. The van der Waals surface area contributed by atoms with Crippen LogP contribution < -0.4 is 0 Å². The molecule has 1 aromatic carbocycles. The molecule has 1 fully saturated rings. The Bertz CT molecular complexity index is 490. The second-order valence-electron chi connectivity index (χ2n) is 4.76. The Morgan fingerprint density at radius 3 is 3.00 bits per heavy atom. The zero-order chi connectivity index (χ0) is 11.2. The van der Waals surface area contributed by atoms with E-state index in [-0.39, 0.29) is 5.41 Å². The number of halogens is 1. The van der Waals surface area contributed by atoms with Crippen LogP contribution in [0.15, 0.2) is 24.3 Å². The van der Waals surface area contributed by atoms with Gasteiger partial charge in [-0.15, -0.1) is 0 Å². The van der Waals surface area contributed by atoms with Gasteiger partial charge in [0.05, 0.1) is 0 Å². The van der Waals surface area contributed by atoms with Crippen molar-refractivity contribution in [3.05, 3.63) is 40.4 Å². The number of rotatable bonds is 0. The van der Waals surface area contributed by atoms with Gasteiger partial charge in [0.2, 0.25) is 0 Å². The zero-order valence-corrected chi connectivity index (χ0v) is 9.76. The van der Waals surface area contributed by atoms with Crippen LogP contribution >= 0.6 is 11.6 Å². The first-order valence-electron chi connectivity index (χ1n) is 5.71. The lowest BCUT2D eigenvalue weighted by Crippen LogP contribution is -2.30. The van der Waals surface area contributed by atoms with Crippen molar-refractivity contribution in [2.24, 2.45) is 0 Å². The van der Waals surface area contributed by atoms with Crippen LogP contribution in [0.4, 0.5) is 0 Å². The zero-order valence-electron chi connectivity index (χ0n) is 9.00. The number of hydrogen-bond acceptors (Lipinski definition) is 1. The Morgan fingerprint density at radius 2 is 2.19 bits per heavy atom. The van der Waals surface area contributed by atoms with E-state index in [1.165, 1.54) is 11.1 Å². The standard InChI is InChI=1S/C14H13ClO/c15-12-5-1-3-10-6-8-14(13(10)12)7-2-4-11(16)9-14/h1,3,5-6,8H,2,4,7,9H2. The maximum atomic E-state index is 11.7. The molecule has 0 N–H and O–H groups in total. The molecule has 0 radical (unpaired) electrons. The van der Waals surface area contributed by atoms with Gasteiger partial charge in [-0.25, -0.2) is 0 Å². The first kappa shape index (κ1) is 10.1. The maximum absolute atomic E-state index is 11.7. The SMILES string of the molecule is O=C1CCCC2(C=Cc3cccc(Cl)c32)C1. The second-order valence-corrected chi connectivity index (χ2v) is 5.17. The molecule has 0 aromatic heterocycles. The first-order chi connectivity index (χ1) is 7.71. The van der Waals surface area contributed by atoms with Gasteiger partial charge in [0.25, 0.3) is 0 Å². The normalized spacial score (nSPS) is 27.4. The minimum atomic E-state index is -0.0942. The van der Waals surface area contributed by atoms with Gasteiger partial charge in [-0.1, -0.05) is 35.9 Å². The van der Waals surface area contributed by atoms with E-state index in [1.807, 2.05) is 12.1 Å². The summed E-state index contributed by atoms with van der Waals surface area (Å²) >= 11 is 6.29. The highest BCUT2D eigenvalue weighted by Crippen LogP contribution is 2.48. The number of allylic oxidation sites excluding steroid dienone is 1. The lowest BCUT2D eigenvalue weighted by atomic mass is 9.70. The number of benzene rings is 1. The molecular formula is C14H13ClO. The van der Waals surface area contributed by atoms with Gasteiger partial charge in [-0.2, -0.15) is 0 Å². The van der Waals surface area contributed by atoms with Crippen molar-refractivity contribution in [2.45, 2.75) is 31.1 Å². The average Bonchev–Trinajstić information content (AvgIpc) is 2.59. The van der Waals surface area contributed by atoms with Crippen LogP contribution in [0.25, 0.3) is 6.08 Å². The molecule has 2 aliphatic rings. The Labute approximate surface area is 100 Å². The number of ketones is 1. The predicted octanol–water partition coefficient (Wildman–Crippen LogP) is 3.75. The van der Waals surface area contributed by atoms with Crippen LogP contribution in [-0.2, 0) is 10.2 Å². The van der Waals surface area contributed by atoms with Crippen LogP contribution in [0, 0.1) is 0 Å². The molecule has 3 rings (SSSR count).